The van der Waals surface area contributed by atoms with E-state index in [9.17, 15) is 9.59 Å². The average Bonchev–Trinajstić information content (AvgIpc) is 3.13. The van der Waals surface area contributed by atoms with Gasteiger partial charge in [0.1, 0.15) is 0 Å². The molecule has 2 aromatic heterocycles. The van der Waals surface area contributed by atoms with Gasteiger partial charge in [-0.15, -0.1) is 0 Å². The van der Waals surface area contributed by atoms with Crippen LogP contribution in [0.3, 0.4) is 0 Å². The molecule has 0 bridgehead atoms. The third-order valence-corrected chi connectivity index (χ3v) is 5.69. The molecule has 7 heteroatoms. The van der Waals surface area contributed by atoms with E-state index in [1.54, 1.807) is 4.40 Å². The molecule has 2 amide bonds. The second-order valence-corrected chi connectivity index (χ2v) is 7.32. The Bertz CT molecular complexity index is 832. The third-order valence-electron chi connectivity index (χ3n) is 5.69. The van der Waals surface area contributed by atoms with Gasteiger partial charge >= 0.3 is 0 Å². The number of rotatable bonds is 3. The molecule has 0 saturated carbocycles. The minimum absolute atomic E-state index is 0.0618. The van der Waals surface area contributed by atoms with Gasteiger partial charge in [0.25, 0.3) is 11.8 Å². The molecule has 2 fully saturated rings. The van der Waals surface area contributed by atoms with Crippen LogP contribution in [0, 0.1) is 0 Å². The number of carbonyl (C=O) groups is 2. The lowest BCUT2D eigenvalue weighted by Gasteiger charge is -2.33. The van der Waals surface area contributed by atoms with Gasteiger partial charge in [0.2, 0.25) is 5.82 Å². The summed E-state index contributed by atoms with van der Waals surface area (Å²) in [5, 5.41) is 0. The standard InChI is InChI=1S/C20H27N5O2/c1-2-22-12-14-24(15-13-22)20(27)18-21-17(16-8-4-7-11-25(16)18)19(26)23-9-5-3-6-10-23/h4,7-8,11H,2-3,5-6,9-10,12-15H2,1H3. The second kappa shape index (κ2) is 7.68. The smallest absolute Gasteiger partial charge is 0.290 e. The summed E-state index contributed by atoms with van der Waals surface area (Å²) >= 11 is 0. The monoisotopic (exact) mass is 369 g/mol. The van der Waals surface area contributed by atoms with Gasteiger partial charge < -0.3 is 14.7 Å². The second-order valence-electron chi connectivity index (χ2n) is 7.32. The molecule has 2 aliphatic rings. The maximum absolute atomic E-state index is 13.1. The van der Waals surface area contributed by atoms with Crippen molar-refractivity contribution in [2.75, 3.05) is 45.8 Å². The van der Waals surface area contributed by atoms with Gasteiger partial charge in [-0.2, -0.15) is 0 Å². The summed E-state index contributed by atoms with van der Waals surface area (Å²) in [6.45, 7) is 7.84. The van der Waals surface area contributed by atoms with E-state index < -0.39 is 0 Å². The molecule has 2 saturated heterocycles. The van der Waals surface area contributed by atoms with Gasteiger partial charge in [-0.3, -0.25) is 14.0 Å². The molecule has 27 heavy (non-hydrogen) atoms. The summed E-state index contributed by atoms with van der Waals surface area (Å²) in [6, 6.07) is 5.63. The van der Waals surface area contributed by atoms with Crippen LogP contribution in [-0.2, 0) is 0 Å². The first-order valence-electron chi connectivity index (χ1n) is 9.97. The van der Waals surface area contributed by atoms with Crippen molar-refractivity contribution >= 4 is 17.3 Å². The van der Waals surface area contributed by atoms with E-state index in [4.69, 9.17) is 0 Å². The minimum Gasteiger partial charge on any atom is -0.337 e. The van der Waals surface area contributed by atoms with Gasteiger partial charge in [-0.05, 0) is 37.9 Å². The van der Waals surface area contributed by atoms with Crippen LogP contribution in [0.15, 0.2) is 24.4 Å². The van der Waals surface area contributed by atoms with Crippen molar-refractivity contribution in [2.45, 2.75) is 26.2 Å². The maximum atomic E-state index is 13.1. The molecule has 7 nitrogen and oxygen atoms in total. The number of imidazole rings is 1. The lowest BCUT2D eigenvalue weighted by atomic mass is 10.1. The molecular formula is C20H27N5O2. The lowest BCUT2D eigenvalue weighted by Crippen LogP contribution is -2.48. The highest BCUT2D eigenvalue weighted by atomic mass is 16.2. The van der Waals surface area contributed by atoms with Crippen LogP contribution in [0.5, 0.6) is 0 Å². The maximum Gasteiger partial charge on any atom is 0.290 e. The number of likely N-dealkylation sites (tertiary alicyclic amines) is 1. The highest BCUT2D eigenvalue weighted by Crippen LogP contribution is 2.19. The predicted molar refractivity (Wildman–Crippen MR) is 103 cm³/mol. The first-order chi connectivity index (χ1) is 13.2. The molecule has 0 aliphatic carbocycles. The van der Waals surface area contributed by atoms with Crippen molar-refractivity contribution < 1.29 is 9.59 Å². The number of fused-ring (bicyclic) bond motifs is 1. The molecule has 2 aromatic rings. The average molecular weight is 369 g/mol. The summed E-state index contributed by atoms with van der Waals surface area (Å²) in [5.41, 5.74) is 1.11. The van der Waals surface area contributed by atoms with E-state index in [-0.39, 0.29) is 11.8 Å². The highest BCUT2D eigenvalue weighted by molar-refractivity contribution is 6.02. The topological polar surface area (TPSA) is 61.2 Å². The van der Waals surface area contributed by atoms with Crippen LogP contribution < -0.4 is 0 Å². The normalized spacial score (nSPS) is 18.9. The number of carbonyl (C=O) groups excluding carboxylic acids is 2. The molecule has 2 aliphatic heterocycles. The molecule has 0 radical (unpaired) electrons. The fourth-order valence-corrected chi connectivity index (χ4v) is 4.00. The van der Waals surface area contributed by atoms with E-state index in [0.29, 0.717) is 30.1 Å². The van der Waals surface area contributed by atoms with Gasteiger partial charge in [0, 0.05) is 45.5 Å². The Hall–Kier alpha value is -2.41. The van der Waals surface area contributed by atoms with Crippen molar-refractivity contribution in [3.05, 3.63) is 35.9 Å². The van der Waals surface area contributed by atoms with Crippen LogP contribution >= 0.6 is 0 Å². The predicted octanol–water partition coefficient (Wildman–Crippen LogP) is 1.74. The van der Waals surface area contributed by atoms with Crippen LogP contribution in [0.1, 0.15) is 47.3 Å². The zero-order chi connectivity index (χ0) is 18.8. The summed E-state index contributed by atoms with van der Waals surface area (Å²) in [4.78, 5) is 36.7. The number of likely N-dealkylation sites (N-methyl/N-ethyl adjacent to an activating group) is 1. The van der Waals surface area contributed by atoms with Crippen LogP contribution in [0.4, 0.5) is 0 Å². The van der Waals surface area contributed by atoms with Crippen molar-refractivity contribution in [1.29, 1.82) is 0 Å². The van der Waals surface area contributed by atoms with Crippen molar-refractivity contribution in [2.24, 2.45) is 0 Å². The summed E-state index contributed by atoms with van der Waals surface area (Å²) < 4.78 is 1.77. The molecule has 4 rings (SSSR count). The number of hydrogen-bond donors (Lipinski definition) is 0. The van der Waals surface area contributed by atoms with E-state index in [2.05, 4.69) is 16.8 Å². The third kappa shape index (κ3) is 3.43. The minimum atomic E-state index is -0.0929. The number of piperazine rings is 1. The summed E-state index contributed by atoms with van der Waals surface area (Å²) in [7, 11) is 0. The van der Waals surface area contributed by atoms with E-state index in [1.165, 1.54) is 6.42 Å². The lowest BCUT2D eigenvalue weighted by molar-refractivity contribution is 0.0630. The Balaban J connectivity index is 1.63. The van der Waals surface area contributed by atoms with E-state index in [0.717, 1.165) is 45.6 Å². The van der Waals surface area contributed by atoms with Gasteiger partial charge in [-0.1, -0.05) is 13.0 Å². The number of piperidine rings is 1. The molecule has 0 spiro atoms. The Morgan fingerprint density at radius 2 is 1.63 bits per heavy atom. The molecule has 0 atom stereocenters. The van der Waals surface area contributed by atoms with Crippen LogP contribution in [0.2, 0.25) is 0 Å². The SMILES string of the molecule is CCN1CCN(C(=O)c2nc(C(=O)N3CCCCC3)c3ccccn23)CC1. The van der Waals surface area contributed by atoms with Crippen molar-refractivity contribution in [3.63, 3.8) is 0 Å². The molecule has 4 heterocycles. The number of amides is 2. The summed E-state index contributed by atoms with van der Waals surface area (Å²) in [6.07, 6.45) is 5.06. The van der Waals surface area contributed by atoms with Gasteiger partial charge in [0.15, 0.2) is 5.69 Å². The largest absolute Gasteiger partial charge is 0.337 e. The van der Waals surface area contributed by atoms with E-state index in [1.807, 2.05) is 34.2 Å². The Labute approximate surface area is 159 Å². The molecule has 144 valence electrons. The Morgan fingerprint density at radius 3 is 2.33 bits per heavy atom. The van der Waals surface area contributed by atoms with E-state index >= 15 is 0 Å². The number of pyridine rings is 1. The zero-order valence-corrected chi connectivity index (χ0v) is 15.9. The van der Waals surface area contributed by atoms with Crippen LogP contribution in [-0.4, -0.2) is 81.7 Å². The fourth-order valence-electron chi connectivity index (χ4n) is 4.00. The van der Waals surface area contributed by atoms with Crippen LogP contribution in [0.25, 0.3) is 5.52 Å². The molecular weight excluding hydrogens is 342 g/mol. The Morgan fingerprint density at radius 1 is 0.926 bits per heavy atom. The number of nitrogens with zero attached hydrogens (tertiary/aromatic N) is 5. The van der Waals surface area contributed by atoms with Gasteiger partial charge in [-0.25, -0.2) is 4.98 Å². The first-order valence-corrected chi connectivity index (χ1v) is 9.97. The fraction of sp³-hybridized carbons (Fsp3) is 0.550. The van der Waals surface area contributed by atoms with Crippen molar-refractivity contribution in [3.8, 4) is 0 Å². The first kappa shape index (κ1) is 18.0. The molecule has 0 aromatic carbocycles. The quantitative estimate of drug-likeness (QED) is 0.827. The zero-order valence-electron chi connectivity index (χ0n) is 15.9. The van der Waals surface area contributed by atoms with Crippen molar-refractivity contribution in [1.82, 2.24) is 24.1 Å². The Kier molecular flexibility index (Phi) is 5.11. The summed E-state index contributed by atoms with van der Waals surface area (Å²) in [5.74, 6) is 0.189. The van der Waals surface area contributed by atoms with Gasteiger partial charge in [0.05, 0.1) is 5.52 Å². The number of aromatic nitrogens is 2. The molecule has 0 unspecified atom stereocenters. The molecule has 0 N–H and O–H groups in total. The number of hydrogen-bond acceptors (Lipinski definition) is 4. The highest BCUT2D eigenvalue weighted by Gasteiger charge is 2.29.